The lowest BCUT2D eigenvalue weighted by Gasteiger charge is -2.33. The number of hydrogen-bond acceptors (Lipinski definition) is 6. The van der Waals surface area contributed by atoms with Gasteiger partial charge in [-0.2, -0.15) is 4.52 Å². The van der Waals surface area contributed by atoms with Gasteiger partial charge in [0.15, 0.2) is 11.5 Å². The van der Waals surface area contributed by atoms with Crippen LogP contribution in [0.25, 0.3) is 17.0 Å². The van der Waals surface area contributed by atoms with Crippen molar-refractivity contribution in [2.24, 2.45) is 5.92 Å². The molecule has 1 fully saturated rings. The Morgan fingerprint density at radius 3 is 2.70 bits per heavy atom. The van der Waals surface area contributed by atoms with Crippen LogP contribution < -0.4 is 10.2 Å². The molecule has 0 spiro atoms. The number of amides is 1. The smallest absolute Gasteiger partial charge is 0.233 e. The van der Waals surface area contributed by atoms with Gasteiger partial charge in [0.1, 0.15) is 11.6 Å². The predicted octanol–water partition coefficient (Wildman–Crippen LogP) is 1.82. The third-order valence-corrected chi connectivity index (χ3v) is 5.64. The van der Waals surface area contributed by atoms with Gasteiger partial charge < -0.3 is 10.2 Å². The summed E-state index contributed by atoms with van der Waals surface area (Å²) in [7, 11) is 3.68. The molecule has 0 atom stereocenters. The van der Waals surface area contributed by atoms with Crippen molar-refractivity contribution in [3.05, 3.63) is 42.2 Å². The molecule has 2 aromatic heterocycles. The number of nitrogens with one attached hydrogen (secondary N) is 1. The predicted molar refractivity (Wildman–Crippen MR) is 113 cm³/mol. The van der Waals surface area contributed by atoms with Crippen LogP contribution >= 0.6 is 0 Å². The van der Waals surface area contributed by atoms with Crippen molar-refractivity contribution in [1.82, 2.24) is 30.0 Å². The van der Waals surface area contributed by atoms with E-state index in [1.807, 2.05) is 19.2 Å². The topological polar surface area (TPSA) is 78.7 Å². The summed E-state index contributed by atoms with van der Waals surface area (Å²) in [5.74, 6) is 1.41. The average Bonchev–Trinajstić information content (AvgIpc) is 3.18. The molecule has 0 unspecified atom stereocenters. The third-order valence-electron chi connectivity index (χ3n) is 5.64. The summed E-state index contributed by atoms with van der Waals surface area (Å²) in [5, 5.41) is 15.6. The number of nitrogens with zero attached hydrogens (tertiary/aromatic N) is 6. The van der Waals surface area contributed by atoms with Gasteiger partial charge in [-0.1, -0.05) is 12.1 Å². The molecule has 1 aliphatic rings. The van der Waals surface area contributed by atoms with E-state index in [4.69, 9.17) is 0 Å². The van der Waals surface area contributed by atoms with E-state index < -0.39 is 0 Å². The highest BCUT2D eigenvalue weighted by Gasteiger charge is 2.22. The van der Waals surface area contributed by atoms with Crippen LogP contribution in [0.3, 0.4) is 0 Å². The Morgan fingerprint density at radius 1 is 1.20 bits per heavy atom. The maximum atomic E-state index is 14.2. The first-order chi connectivity index (χ1) is 14.5. The van der Waals surface area contributed by atoms with E-state index in [1.165, 1.54) is 6.07 Å². The van der Waals surface area contributed by atoms with Crippen LogP contribution in [0.1, 0.15) is 12.8 Å². The molecule has 0 radical (unpaired) electrons. The summed E-state index contributed by atoms with van der Waals surface area (Å²) in [6, 6.07) is 10.3. The summed E-state index contributed by atoms with van der Waals surface area (Å²) in [4.78, 5) is 15.9. The van der Waals surface area contributed by atoms with Crippen LogP contribution in [0.4, 0.5) is 10.2 Å². The zero-order valence-electron chi connectivity index (χ0n) is 17.3. The van der Waals surface area contributed by atoms with Gasteiger partial charge in [0.05, 0.1) is 12.1 Å². The van der Waals surface area contributed by atoms with Gasteiger partial charge in [-0.05, 0) is 56.1 Å². The second-order valence-electron chi connectivity index (χ2n) is 7.74. The fourth-order valence-electron chi connectivity index (χ4n) is 3.88. The summed E-state index contributed by atoms with van der Waals surface area (Å²) in [6.45, 7) is 3.16. The Labute approximate surface area is 174 Å². The monoisotopic (exact) mass is 411 g/mol. The minimum Gasteiger partial charge on any atom is -0.358 e. The maximum absolute atomic E-state index is 14.2. The number of likely N-dealkylation sites (N-methyl/N-ethyl adjacent to an activating group) is 1. The number of benzene rings is 1. The third kappa shape index (κ3) is 4.25. The van der Waals surface area contributed by atoms with Crippen LogP contribution in [0, 0.1) is 11.7 Å². The first-order valence-corrected chi connectivity index (χ1v) is 10.2. The molecule has 158 valence electrons. The van der Waals surface area contributed by atoms with Crippen LogP contribution in [0.15, 0.2) is 36.4 Å². The molecular formula is C21H26FN7O. The van der Waals surface area contributed by atoms with E-state index in [0.717, 1.165) is 38.3 Å². The molecule has 1 aromatic carbocycles. The minimum absolute atomic E-state index is 0.0580. The van der Waals surface area contributed by atoms with Gasteiger partial charge >= 0.3 is 0 Å². The Morgan fingerprint density at radius 2 is 1.97 bits per heavy atom. The Balaban J connectivity index is 1.45. The lowest BCUT2D eigenvalue weighted by molar-refractivity contribution is -0.122. The van der Waals surface area contributed by atoms with Gasteiger partial charge in [-0.25, -0.2) is 4.39 Å². The molecule has 0 aliphatic carbocycles. The number of carbonyl (C=O) groups excluding carboxylic acids is 1. The Kier molecular flexibility index (Phi) is 5.89. The van der Waals surface area contributed by atoms with Gasteiger partial charge in [-0.3, -0.25) is 9.69 Å². The van der Waals surface area contributed by atoms with Gasteiger partial charge in [0.25, 0.3) is 0 Å². The SMILES string of the molecule is CNC(=O)CN1CCC(CN(C)c2ccc3nnc(-c4ccccc4F)n3n2)CC1. The first-order valence-electron chi connectivity index (χ1n) is 10.2. The molecule has 1 aliphatic heterocycles. The summed E-state index contributed by atoms with van der Waals surface area (Å²) in [6.07, 6.45) is 2.08. The number of likely N-dealkylation sites (tertiary alicyclic amines) is 1. The van der Waals surface area contributed by atoms with E-state index in [9.17, 15) is 9.18 Å². The number of aromatic nitrogens is 4. The van der Waals surface area contributed by atoms with Gasteiger partial charge in [0.2, 0.25) is 5.91 Å². The highest BCUT2D eigenvalue weighted by atomic mass is 19.1. The Bertz CT molecular complexity index is 1030. The van der Waals surface area contributed by atoms with Crippen LogP contribution in [-0.4, -0.2) is 70.9 Å². The van der Waals surface area contributed by atoms with Crippen molar-refractivity contribution < 1.29 is 9.18 Å². The number of fused-ring (bicyclic) bond motifs is 1. The van der Waals surface area contributed by atoms with Crippen molar-refractivity contribution in [2.45, 2.75) is 12.8 Å². The highest BCUT2D eigenvalue weighted by Crippen LogP contribution is 2.23. The molecule has 1 N–H and O–H groups in total. The summed E-state index contributed by atoms with van der Waals surface area (Å²) >= 11 is 0. The number of hydrogen-bond donors (Lipinski definition) is 1. The van der Waals surface area contributed by atoms with Crippen molar-refractivity contribution >= 4 is 17.4 Å². The zero-order valence-corrected chi connectivity index (χ0v) is 17.3. The van der Waals surface area contributed by atoms with Gasteiger partial charge in [0, 0.05) is 20.6 Å². The molecule has 8 nitrogen and oxygen atoms in total. The lowest BCUT2D eigenvalue weighted by Crippen LogP contribution is -2.42. The van der Waals surface area contributed by atoms with Gasteiger partial charge in [-0.15, -0.1) is 15.3 Å². The fourth-order valence-corrected chi connectivity index (χ4v) is 3.88. The molecule has 1 amide bonds. The summed E-state index contributed by atoms with van der Waals surface area (Å²) < 4.78 is 15.8. The second kappa shape index (κ2) is 8.74. The fraction of sp³-hybridized carbons (Fsp3) is 0.429. The van der Waals surface area contributed by atoms with Crippen molar-refractivity contribution in [2.75, 3.05) is 45.2 Å². The number of rotatable bonds is 6. The standard InChI is InChI=1S/C21H26FN7O/c1-23-20(30)14-28-11-9-15(10-12-28)13-27(2)19-8-7-18-24-25-21(29(18)26-19)16-5-3-4-6-17(16)22/h3-8,15H,9-14H2,1-2H3,(H,23,30). The number of carbonyl (C=O) groups is 1. The summed E-state index contributed by atoms with van der Waals surface area (Å²) in [5.41, 5.74) is 0.953. The molecule has 3 heterocycles. The largest absolute Gasteiger partial charge is 0.358 e. The molecule has 3 aromatic rings. The first kappa shape index (κ1) is 20.2. The quantitative estimate of drug-likeness (QED) is 0.667. The number of halogens is 1. The van der Waals surface area contributed by atoms with Crippen LogP contribution in [-0.2, 0) is 4.79 Å². The minimum atomic E-state index is -0.351. The maximum Gasteiger partial charge on any atom is 0.233 e. The molecule has 4 rings (SSSR count). The highest BCUT2D eigenvalue weighted by molar-refractivity contribution is 5.77. The van der Waals surface area contributed by atoms with E-state index >= 15 is 0 Å². The molecule has 1 saturated heterocycles. The van der Waals surface area contributed by atoms with E-state index in [-0.39, 0.29) is 11.7 Å². The van der Waals surface area contributed by atoms with Crippen LogP contribution in [0.2, 0.25) is 0 Å². The van der Waals surface area contributed by atoms with Crippen molar-refractivity contribution in [3.63, 3.8) is 0 Å². The second-order valence-corrected chi connectivity index (χ2v) is 7.74. The van der Waals surface area contributed by atoms with E-state index in [1.54, 1.807) is 29.8 Å². The molecule has 0 saturated carbocycles. The lowest BCUT2D eigenvalue weighted by atomic mass is 9.96. The van der Waals surface area contributed by atoms with Crippen molar-refractivity contribution in [1.29, 1.82) is 0 Å². The van der Waals surface area contributed by atoms with Crippen LogP contribution in [0.5, 0.6) is 0 Å². The molecule has 30 heavy (non-hydrogen) atoms. The molecular weight excluding hydrogens is 385 g/mol. The van der Waals surface area contributed by atoms with Crippen molar-refractivity contribution in [3.8, 4) is 11.4 Å². The number of anilines is 1. The normalized spacial score (nSPS) is 15.4. The Hall–Kier alpha value is -3.07. The molecule has 0 bridgehead atoms. The zero-order chi connectivity index (χ0) is 21.1. The molecule has 9 heteroatoms. The average molecular weight is 411 g/mol. The number of piperidine rings is 1. The van der Waals surface area contributed by atoms with E-state index in [2.05, 4.69) is 30.4 Å². The van der Waals surface area contributed by atoms with E-state index in [0.29, 0.717) is 29.5 Å².